The Morgan fingerprint density at radius 3 is 2.42 bits per heavy atom. The number of carbonyl (C=O) groups excluding carboxylic acids is 2. The summed E-state index contributed by atoms with van der Waals surface area (Å²) in [4.78, 5) is 41.4. The molecule has 33 heavy (non-hydrogen) atoms. The monoisotopic (exact) mass is 464 g/mol. The highest BCUT2D eigenvalue weighted by Crippen LogP contribution is 2.49. The predicted molar refractivity (Wildman–Crippen MR) is 123 cm³/mol. The summed E-state index contributed by atoms with van der Waals surface area (Å²) in [5.74, 6) is -0.876. The topological polar surface area (TPSA) is 87.1 Å². The highest BCUT2D eigenvalue weighted by molar-refractivity contribution is 8.00. The molecule has 2 amide bonds. The van der Waals surface area contributed by atoms with Gasteiger partial charge in [0.05, 0.1) is 5.37 Å². The molecule has 2 aromatic carbocycles. The van der Waals surface area contributed by atoms with Crippen LogP contribution in [0.2, 0.25) is 0 Å². The molecule has 0 aromatic heterocycles. The summed E-state index contributed by atoms with van der Waals surface area (Å²) in [5.41, 5.74) is 3.63. The van der Waals surface area contributed by atoms with Crippen molar-refractivity contribution >= 4 is 29.7 Å². The number of hydrogen-bond acceptors (Lipinski definition) is 5. The van der Waals surface area contributed by atoms with E-state index in [-0.39, 0.29) is 23.8 Å². The van der Waals surface area contributed by atoms with Gasteiger partial charge < -0.3 is 14.7 Å². The van der Waals surface area contributed by atoms with Crippen LogP contribution >= 0.6 is 11.8 Å². The van der Waals surface area contributed by atoms with E-state index in [2.05, 4.69) is 24.3 Å². The average molecular weight is 465 g/mol. The molecule has 7 nitrogen and oxygen atoms in total. The van der Waals surface area contributed by atoms with Gasteiger partial charge in [-0.05, 0) is 35.1 Å². The summed E-state index contributed by atoms with van der Waals surface area (Å²) < 4.78 is 5.85. The SMILES string of the molecule is O=C(O)[C@H]1CS[C@@H]2C[C@]3(CCCN3C(=O)OCC3c4ccccc4-c4ccccc43)C(=O)N12. The molecule has 1 spiro atoms. The molecule has 3 atom stereocenters. The number of amides is 2. The first-order chi connectivity index (χ1) is 16.0. The van der Waals surface area contributed by atoms with Crippen molar-refractivity contribution in [2.75, 3.05) is 18.9 Å². The number of carboxylic acid groups (broad SMARTS) is 1. The number of rotatable bonds is 3. The Morgan fingerprint density at radius 1 is 1.09 bits per heavy atom. The Hall–Kier alpha value is -3.00. The van der Waals surface area contributed by atoms with Gasteiger partial charge >= 0.3 is 12.1 Å². The van der Waals surface area contributed by atoms with E-state index in [0.29, 0.717) is 31.6 Å². The maximum Gasteiger partial charge on any atom is 0.410 e. The Morgan fingerprint density at radius 2 is 1.76 bits per heavy atom. The van der Waals surface area contributed by atoms with Crippen LogP contribution in [0.3, 0.4) is 0 Å². The summed E-state index contributed by atoms with van der Waals surface area (Å²) in [6.07, 6.45) is 1.24. The van der Waals surface area contributed by atoms with Crippen molar-refractivity contribution in [1.29, 1.82) is 0 Å². The molecule has 3 fully saturated rings. The minimum atomic E-state index is -0.985. The number of benzene rings is 2. The minimum absolute atomic E-state index is 0.0470. The van der Waals surface area contributed by atoms with Gasteiger partial charge in [-0.2, -0.15) is 0 Å². The lowest BCUT2D eigenvalue weighted by atomic mass is 9.94. The van der Waals surface area contributed by atoms with Crippen LogP contribution in [0.15, 0.2) is 48.5 Å². The van der Waals surface area contributed by atoms with E-state index in [4.69, 9.17) is 4.74 Å². The first-order valence-corrected chi connectivity index (χ1v) is 12.4. The number of likely N-dealkylation sites (tertiary alicyclic amines) is 1. The van der Waals surface area contributed by atoms with Crippen molar-refractivity contribution in [3.8, 4) is 11.1 Å². The van der Waals surface area contributed by atoms with E-state index in [1.165, 1.54) is 16.7 Å². The largest absolute Gasteiger partial charge is 0.480 e. The molecular weight excluding hydrogens is 440 g/mol. The molecule has 3 aliphatic heterocycles. The highest BCUT2D eigenvalue weighted by atomic mass is 32.2. The van der Waals surface area contributed by atoms with Crippen LogP contribution in [0, 0.1) is 0 Å². The molecule has 0 saturated carbocycles. The number of carboxylic acids is 1. The van der Waals surface area contributed by atoms with E-state index in [9.17, 15) is 19.5 Å². The van der Waals surface area contributed by atoms with Gasteiger partial charge in [-0.25, -0.2) is 9.59 Å². The molecule has 0 radical (unpaired) electrons. The number of ether oxygens (including phenoxy) is 1. The summed E-state index contributed by atoms with van der Waals surface area (Å²) in [6.45, 7) is 0.651. The quantitative estimate of drug-likeness (QED) is 0.748. The molecular formula is C25H24N2O5S. The number of fused-ring (bicyclic) bond motifs is 4. The van der Waals surface area contributed by atoms with Gasteiger partial charge in [-0.15, -0.1) is 11.8 Å². The Labute approximate surface area is 195 Å². The zero-order valence-electron chi connectivity index (χ0n) is 18.0. The van der Waals surface area contributed by atoms with Crippen LogP contribution in [0.4, 0.5) is 4.79 Å². The standard InChI is InChI=1S/C25H24N2O5S/c28-22(29)20-14-33-21-12-25(23(30)27(20)21)10-5-11-26(25)24(31)32-13-19-17-8-3-1-6-15(17)16-7-2-4-9-18(16)19/h1-4,6-9,19-21H,5,10-14H2,(H,28,29)/t20-,21-,25-/m1/s1. The lowest BCUT2D eigenvalue weighted by Gasteiger charge is -2.33. The van der Waals surface area contributed by atoms with Crippen molar-refractivity contribution < 1.29 is 24.2 Å². The van der Waals surface area contributed by atoms with Crippen LogP contribution in [-0.2, 0) is 14.3 Å². The number of aliphatic carboxylic acids is 1. The van der Waals surface area contributed by atoms with Gasteiger partial charge in [0.2, 0.25) is 5.91 Å². The third-order valence-corrected chi connectivity index (χ3v) is 8.85. The fraction of sp³-hybridized carbons (Fsp3) is 0.400. The molecule has 170 valence electrons. The fourth-order valence-electron chi connectivity index (χ4n) is 6.05. The molecule has 3 saturated heterocycles. The zero-order valence-corrected chi connectivity index (χ0v) is 18.8. The first-order valence-electron chi connectivity index (χ1n) is 11.3. The molecule has 3 heterocycles. The summed E-state index contributed by atoms with van der Waals surface area (Å²) in [6, 6.07) is 15.5. The molecule has 6 rings (SSSR count). The van der Waals surface area contributed by atoms with Gasteiger partial charge in [-0.1, -0.05) is 48.5 Å². The predicted octanol–water partition coefficient (Wildman–Crippen LogP) is 3.53. The number of nitrogens with zero attached hydrogens (tertiary/aromatic N) is 2. The van der Waals surface area contributed by atoms with Crippen LogP contribution in [0.5, 0.6) is 0 Å². The van der Waals surface area contributed by atoms with Gasteiger partial charge in [-0.3, -0.25) is 9.69 Å². The highest BCUT2D eigenvalue weighted by Gasteiger charge is 2.63. The van der Waals surface area contributed by atoms with E-state index >= 15 is 0 Å². The van der Waals surface area contributed by atoms with Crippen molar-refractivity contribution in [1.82, 2.24) is 9.80 Å². The number of thioether (sulfide) groups is 1. The smallest absolute Gasteiger partial charge is 0.410 e. The lowest BCUT2D eigenvalue weighted by Crippen LogP contribution is -2.55. The third-order valence-electron chi connectivity index (χ3n) is 7.57. The van der Waals surface area contributed by atoms with Crippen LogP contribution < -0.4 is 0 Å². The van der Waals surface area contributed by atoms with Gasteiger partial charge in [0.1, 0.15) is 18.2 Å². The number of carbonyl (C=O) groups is 3. The summed E-state index contributed by atoms with van der Waals surface area (Å²) in [5, 5.41) is 9.34. The van der Waals surface area contributed by atoms with Gasteiger partial charge in [0.15, 0.2) is 0 Å². The molecule has 0 bridgehead atoms. The second-order valence-corrected chi connectivity index (χ2v) is 10.4. The van der Waals surface area contributed by atoms with Crippen molar-refractivity contribution in [3.63, 3.8) is 0 Å². The van der Waals surface area contributed by atoms with Crippen LogP contribution in [-0.4, -0.2) is 68.7 Å². The maximum atomic E-state index is 13.4. The molecule has 1 aliphatic carbocycles. The van der Waals surface area contributed by atoms with Crippen molar-refractivity contribution in [2.24, 2.45) is 0 Å². The fourth-order valence-corrected chi connectivity index (χ4v) is 7.56. The Balaban J connectivity index is 1.22. The third kappa shape index (κ3) is 2.93. The second kappa shape index (κ2) is 7.52. The molecule has 4 aliphatic rings. The zero-order chi connectivity index (χ0) is 22.7. The number of hydrogen-bond donors (Lipinski definition) is 1. The summed E-state index contributed by atoms with van der Waals surface area (Å²) in [7, 11) is 0. The second-order valence-electron chi connectivity index (χ2n) is 9.15. The van der Waals surface area contributed by atoms with E-state index in [1.807, 2.05) is 24.3 Å². The molecule has 1 N–H and O–H groups in total. The van der Waals surface area contributed by atoms with Crippen molar-refractivity contribution in [3.05, 3.63) is 59.7 Å². The molecule has 0 unspecified atom stereocenters. The lowest BCUT2D eigenvalue weighted by molar-refractivity contribution is -0.149. The van der Waals surface area contributed by atoms with E-state index < -0.39 is 23.6 Å². The van der Waals surface area contributed by atoms with Crippen molar-refractivity contribution in [2.45, 2.75) is 42.1 Å². The van der Waals surface area contributed by atoms with Gasteiger partial charge in [0, 0.05) is 24.6 Å². The molecule has 2 aromatic rings. The molecule has 8 heteroatoms. The Bertz CT molecular complexity index is 1120. The minimum Gasteiger partial charge on any atom is -0.480 e. The average Bonchev–Trinajstić information content (AvgIpc) is 3.56. The van der Waals surface area contributed by atoms with Gasteiger partial charge in [0.25, 0.3) is 0 Å². The normalized spacial score (nSPS) is 27.7. The van der Waals surface area contributed by atoms with Crippen LogP contribution in [0.1, 0.15) is 36.3 Å². The van der Waals surface area contributed by atoms with E-state index in [0.717, 1.165) is 22.3 Å². The Kier molecular flexibility index (Phi) is 4.69. The summed E-state index contributed by atoms with van der Waals surface area (Å²) >= 11 is 1.49. The maximum absolute atomic E-state index is 13.4. The van der Waals surface area contributed by atoms with Crippen LogP contribution in [0.25, 0.3) is 11.1 Å². The van der Waals surface area contributed by atoms with E-state index in [1.54, 1.807) is 4.90 Å². The first kappa shape index (κ1) is 20.6.